The summed E-state index contributed by atoms with van der Waals surface area (Å²) in [4.78, 5) is 25.8. The smallest absolute Gasteiger partial charge is 0.279 e. The third-order valence-corrected chi connectivity index (χ3v) is 5.47. The van der Waals surface area contributed by atoms with Crippen LogP contribution in [0.4, 0.5) is 5.69 Å². The summed E-state index contributed by atoms with van der Waals surface area (Å²) in [6.07, 6.45) is 0. The second-order valence-electron chi connectivity index (χ2n) is 7.96. The molecule has 156 valence electrons. The zero-order valence-corrected chi connectivity index (χ0v) is 18.1. The molecule has 0 aliphatic carbocycles. The van der Waals surface area contributed by atoms with Crippen LogP contribution < -0.4 is 15.5 Å². The van der Waals surface area contributed by atoms with Gasteiger partial charge in [0, 0.05) is 5.69 Å². The predicted octanol–water partition coefficient (Wildman–Crippen LogP) is 2.79. The second-order valence-corrected chi connectivity index (χ2v) is 7.96. The van der Waals surface area contributed by atoms with Gasteiger partial charge < -0.3 is 15.5 Å². The maximum Gasteiger partial charge on any atom is 0.279 e. The van der Waals surface area contributed by atoms with E-state index in [1.54, 1.807) is 0 Å². The average Bonchev–Trinajstić information content (AvgIpc) is 2.70. The van der Waals surface area contributed by atoms with Crippen LogP contribution in [0.1, 0.15) is 29.7 Å². The molecule has 3 N–H and O–H groups in total. The van der Waals surface area contributed by atoms with Gasteiger partial charge in [-0.05, 0) is 54.3 Å². The Morgan fingerprint density at radius 2 is 1.57 bits per heavy atom. The first kappa shape index (κ1) is 21.5. The Labute approximate surface area is 178 Å². The highest BCUT2D eigenvalue weighted by Gasteiger charge is 2.18. The van der Waals surface area contributed by atoms with E-state index in [-0.39, 0.29) is 30.9 Å². The quantitative estimate of drug-likeness (QED) is 0.567. The van der Waals surface area contributed by atoms with E-state index in [9.17, 15) is 9.59 Å². The molecule has 2 amide bonds. The Balaban J connectivity index is 1.55. The molecule has 0 saturated heterocycles. The van der Waals surface area contributed by atoms with Crippen LogP contribution in [0.2, 0.25) is 0 Å². The van der Waals surface area contributed by atoms with Crippen LogP contribution in [0, 0.1) is 13.8 Å². The average molecular weight is 405 g/mol. The first-order chi connectivity index (χ1) is 14.3. The van der Waals surface area contributed by atoms with Gasteiger partial charge in [0.25, 0.3) is 11.8 Å². The Kier molecular flexibility index (Phi) is 6.85. The summed E-state index contributed by atoms with van der Waals surface area (Å²) in [5.74, 6) is -0.177. The number of nitrogens with one attached hydrogen (secondary N) is 3. The molecule has 5 heteroatoms. The van der Waals surface area contributed by atoms with E-state index in [4.69, 9.17) is 0 Å². The first-order valence-corrected chi connectivity index (χ1v) is 10.3. The van der Waals surface area contributed by atoms with Gasteiger partial charge in [0.2, 0.25) is 0 Å². The van der Waals surface area contributed by atoms with Crippen LogP contribution in [0.5, 0.6) is 0 Å². The summed E-state index contributed by atoms with van der Waals surface area (Å²) < 4.78 is 0. The lowest BCUT2D eigenvalue weighted by atomic mass is 10.00. The number of hydrogen-bond acceptors (Lipinski definition) is 2. The lowest BCUT2D eigenvalue weighted by Crippen LogP contribution is -3.11. The molecule has 3 rings (SSSR count). The summed E-state index contributed by atoms with van der Waals surface area (Å²) in [6.45, 7) is 6.45. The molecule has 3 aromatic carbocycles. The highest BCUT2D eigenvalue weighted by atomic mass is 16.2. The number of hydrogen-bond donors (Lipinski definition) is 3. The molecule has 1 unspecified atom stereocenters. The van der Waals surface area contributed by atoms with Crippen LogP contribution in [0.3, 0.4) is 0 Å². The van der Waals surface area contributed by atoms with Crippen molar-refractivity contribution in [2.45, 2.75) is 26.8 Å². The molecular formula is C25H30N3O2+. The van der Waals surface area contributed by atoms with E-state index in [0.29, 0.717) is 0 Å². The third-order valence-electron chi connectivity index (χ3n) is 5.47. The van der Waals surface area contributed by atoms with Crippen molar-refractivity contribution in [1.82, 2.24) is 5.32 Å². The van der Waals surface area contributed by atoms with Gasteiger partial charge in [-0.2, -0.15) is 0 Å². The van der Waals surface area contributed by atoms with Crippen molar-refractivity contribution in [3.63, 3.8) is 0 Å². The van der Waals surface area contributed by atoms with Gasteiger partial charge in [0.15, 0.2) is 13.1 Å². The molecule has 0 radical (unpaired) electrons. The fourth-order valence-electron chi connectivity index (χ4n) is 3.69. The third kappa shape index (κ3) is 5.24. The zero-order valence-electron chi connectivity index (χ0n) is 18.1. The van der Waals surface area contributed by atoms with Crippen molar-refractivity contribution in [3.05, 3.63) is 77.4 Å². The first-order valence-electron chi connectivity index (χ1n) is 10.3. The molecule has 0 bridgehead atoms. The van der Waals surface area contributed by atoms with E-state index in [0.717, 1.165) is 38.1 Å². The Hall–Kier alpha value is -3.18. The Morgan fingerprint density at radius 3 is 2.37 bits per heavy atom. The molecule has 0 spiro atoms. The van der Waals surface area contributed by atoms with E-state index < -0.39 is 0 Å². The maximum atomic E-state index is 12.5. The largest absolute Gasteiger partial charge is 0.345 e. The van der Waals surface area contributed by atoms with Gasteiger partial charge in [-0.25, -0.2) is 0 Å². The summed E-state index contributed by atoms with van der Waals surface area (Å²) in [7, 11) is 1.85. The summed E-state index contributed by atoms with van der Waals surface area (Å²) in [5.41, 5.74) is 4.11. The SMILES string of the molecule is Cc1cccc(NC(=O)C[NH+](C)CC(=O)N[C@H](C)c2cccc3ccccc23)c1C. The number of rotatable bonds is 7. The van der Waals surface area contributed by atoms with Crippen molar-refractivity contribution in [1.29, 1.82) is 0 Å². The number of aryl methyl sites for hydroxylation is 1. The standard InChI is InChI=1S/C25H29N3O2/c1-17-9-7-14-23(18(17)2)27-25(30)16-28(4)15-24(29)26-19(3)21-13-8-11-20-10-5-6-12-22(20)21/h5-14,19H,15-16H2,1-4H3,(H,26,29)(H,27,30)/p+1/t19-/m1/s1. The number of carbonyl (C=O) groups is 2. The Bertz CT molecular complexity index is 1060. The van der Waals surface area contributed by atoms with Crippen molar-refractivity contribution < 1.29 is 14.5 Å². The lowest BCUT2D eigenvalue weighted by Gasteiger charge is -2.19. The topological polar surface area (TPSA) is 62.6 Å². The minimum absolute atomic E-state index is 0.0764. The summed E-state index contributed by atoms with van der Waals surface area (Å²) >= 11 is 0. The molecule has 30 heavy (non-hydrogen) atoms. The normalized spacial score (nSPS) is 12.9. The monoisotopic (exact) mass is 404 g/mol. The number of amides is 2. The zero-order chi connectivity index (χ0) is 21.7. The Morgan fingerprint density at radius 1 is 0.900 bits per heavy atom. The van der Waals surface area contributed by atoms with Crippen LogP contribution in [-0.2, 0) is 9.59 Å². The maximum absolute atomic E-state index is 12.5. The van der Waals surface area contributed by atoms with Gasteiger partial charge in [0.05, 0.1) is 13.1 Å². The minimum Gasteiger partial charge on any atom is -0.345 e. The van der Waals surface area contributed by atoms with Crippen molar-refractivity contribution in [3.8, 4) is 0 Å². The van der Waals surface area contributed by atoms with Crippen molar-refractivity contribution in [2.75, 3.05) is 25.5 Å². The molecule has 5 nitrogen and oxygen atoms in total. The van der Waals surface area contributed by atoms with Gasteiger partial charge in [-0.1, -0.05) is 54.6 Å². The lowest BCUT2D eigenvalue weighted by molar-refractivity contribution is -0.862. The molecule has 0 aromatic heterocycles. The molecular weight excluding hydrogens is 374 g/mol. The van der Waals surface area contributed by atoms with Gasteiger partial charge in [0.1, 0.15) is 0 Å². The number of anilines is 1. The van der Waals surface area contributed by atoms with Crippen LogP contribution in [0.15, 0.2) is 60.7 Å². The molecule has 2 atom stereocenters. The van der Waals surface area contributed by atoms with Crippen LogP contribution >= 0.6 is 0 Å². The number of quaternary nitrogens is 1. The van der Waals surface area contributed by atoms with Gasteiger partial charge in [-0.3, -0.25) is 9.59 Å². The molecule has 0 saturated carbocycles. The molecule has 0 aliphatic rings. The molecule has 0 fully saturated rings. The van der Waals surface area contributed by atoms with Crippen LogP contribution in [0.25, 0.3) is 10.8 Å². The van der Waals surface area contributed by atoms with Crippen molar-refractivity contribution >= 4 is 28.3 Å². The highest BCUT2D eigenvalue weighted by Crippen LogP contribution is 2.23. The van der Waals surface area contributed by atoms with Gasteiger partial charge >= 0.3 is 0 Å². The van der Waals surface area contributed by atoms with E-state index in [1.807, 2.05) is 70.3 Å². The predicted molar refractivity (Wildman–Crippen MR) is 122 cm³/mol. The number of likely N-dealkylation sites (N-methyl/N-ethyl adjacent to an activating group) is 1. The van der Waals surface area contributed by atoms with E-state index in [2.05, 4.69) is 28.8 Å². The summed E-state index contributed by atoms with van der Waals surface area (Å²) in [5, 5.41) is 8.31. The fraction of sp³-hybridized carbons (Fsp3) is 0.280. The second kappa shape index (κ2) is 9.55. The van der Waals surface area contributed by atoms with E-state index >= 15 is 0 Å². The fourth-order valence-corrected chi connectivity index (χ4v) is 3.69. The number of benzene rings is 3. The molecule has 0 aliphatic heterocycles. The van der Waals surface area contributed by atoms with Crippen LogP contribution in [-0.4, -0.2) is 32.0 Å². The van der Waals surface area contributed by atoms with Gasteiger partial charge in [-0.15, -0.1) is 0 Å². The minimum atomic E-state index is -0.111. The number of carbonyl (C=O) groups excluding carboxylic acids is 2. The summed E-state index contributed by atoms with van der Waals surface area (Å²) in [6, 6.07) is 20.0. The van der Waals surface area contributed by atoms with E-state index in [1.165, 1.54) is 0 Å². The highest BCUT2D eigenvalue weighted by molar-refractivity contribution is 5.92. The van der Waals surface area contributed by atoms with Crippen molar-refractivity contribution in [2.24, 2.45) is 0 Å². The molecule has 0 heterocycles. The molecule has 3 aromatic rings. The number of fused-ring (bicyclic) bond motifs is 1.